The van der Waals surface area contributed by atoms with Gasteiger partial charge in [0.15, 0.2) is 0 Å². The van der Waals surface area contributed by atoms with Crippen LogP contribution in [0.1, 0.15) is 44.4 Å². The number of aromatic nitrogens is 1. The van der Waals surface area contributed by atoms with E-state index < -0.39 is 0 Å². The van der Waals surface area contributed by atoms with Crippen LogP contribution in [0.25, 0.3) is 6.08 Å². The minimum absolute atomic E-state index is 0.490. The molecule has 2 heteroatoms. The Labute approximate surface area is 79.6 Å². The second kappa shape index (κ2) is 4.26. The van der Waals surface area contributed by atoms with Crippen LogP contribution in [-0.2, 0) is 0 Å². The molecule has 0 N–H and O–H groups in total. The highest BCUT2D eigenvalue weighted by Crippen LogP contribution is 2.28. The molecule has 0 aliphatic rings. The predicted octanol–water partition coefficient (Wildman–Crippen LogP) is 3.47. The number of hydrogen-bond donors (Lipinski definition) is 0. The van der Waals surface area contributed by atoms with Crippen molar-refractivity contribution in [2.75, 3.05) is 0 Å². The van der Waals surface area contributed by atoms with Gasteiger partial charge in [0.2, 0.25) is 0 Å². The standard InChI is InChI=1S/C11H17NO/c1-5-8(3)9(4)10-7-13-12-11(10)6-2/h6-9H,2,5H2,1,3-4H3. The summed E-state index contributed by atoms with van der Waals surface area (Å²) in [5.41, 5.74) is 2.05. The topological polar surface area (TPSA) is 26.0 Å². The van der Waals surface area contributed by atoms with Gasteiger partial charge in [-0.25, -0.2) is 0 Å². The Balaban J connectivity index is 2.87. The van der Waals surface area contributed by atoms with Gasteiger partial charge in [-0.3, -0.25) is 0 Å². The average molecular weight is 179 g/mol. The van der Waals surface area contributed by atoms with Gasteiger partial charge in [-0.1, -0.05) is 38.9 Å². The quantitative estimate of drug-likeness (QED) is 0.707. The van der Waals surface area contributed by atoms with Crippen LogP contribution in [0.15, 0.2) is 17.4 Å². The Bertz CT molecular complexity index is 277. The van der Waals surface area contributed by atoms with Crippen LogP contribution in [-0.4, -0.2) is 5.16 Å². The van der Waals surface area contributed by atoms with Crippen molar-refractivity contribution in [3.63, 3.8) is 0 Å². The van der Waals surface area contributed by atoms with Crippen LogP contribution in [0, 0.1) is 5.92 Å². The van der Waals surface area contributed by atoms with E-state index in [2.05, 4.69) is 32.5 Å². The lowest BCUT2D eigenvalue weighted by Gasteiger charge is -2.16. The SMILES string of the molecule is C=Cc1nocc1C(C)C(C)CC. The number of rotatable bonds is 4. The van der Waals surface area contributed by atoms with E-state index in [4.69, 9.17) is 4.52 Å². The predicted molar refractivity (Wildman–Crippen MR) is 54.5 cm³/mol. The Morgan fingerprint density at radius 1 is 1.62 bits per heavy atom. The summed E-state index contributed by atoms with van der Waals surface area (Å²) < 4.78 is 4.93. The van der Waals surface area contributed by atoms with Gasteiger partial charge >= 0.3 is 0 Å². The molecule has 1 aromatic heterocycles. The van der Waals surface area contributed by atoms with Crippen LogP contribution < -0.4 is 0 Å². The Morgan fingerprint density at radius 2 is 2.31 bits per heavy atom. The lowest BCUT2D eigenvalue weighted by Crippen LogP contribution is -2.05. The fourth-order valence-electron chi connectivity index (χ4n) is 1.41. The first kappa shape index (κ1) is 10.0. The lowest BCUT2D eigenvalue weighted by molar-refractivity contribution is 0.413. The highest BCUT2D eigenvalue weighted by molar-refractivity contribution is 5.46. The summed E-state index contributed by atoms with van der Waals surface area (Å²) in [5, 5.41) is 3.88. The van der Waals surface area contributed by atoms with Crippen molar-refractivity contribution in [2.45, 2.75) is 33.1 Å². The van der Waals surface area contributed by atoms with E-state index in [1.165, 1.54) is 12.0 Å². The van der Waals surface area contributed by atoms with E-state index >= 15 is 0 Å². The summed E-state index contributed by atoms with van der Waals surface area (Å²) in [6.45, 7) is 10.3. The first-order valence-electron chi connectivity index (χ1n) is 4.77. The van der Waals surface area contributed by atoms with E-state index in [1.807, 2.05) is 0 Å². The molecule has 0 saturated carbocycles. The van der Waals surface area contributed by atoms with E-state index in [0.717, 1.165) is 5.69 Å². The maximum atomic E-state index is 4.93. The molecule has 0 aliphatic carbocycles. The van der Waals surface area contributed by atoms with Crippen molar-refractivity contribution in [3.8, 4) is 0 Å². The molecular weight excluding hydrogens is 162 g/mol. The molecule has 0 aliphatic heterocycles. The lowest BCUT2D eigenvalue weighted by atomic mass is 9.87. The number of hydrogen-bond acceptors (Lipinski definition) is 2. The first-order valence-corrected chi connectivity index (χ1v) is 4.77. The second-order valence-corrected chi connectivity index (χ2v) is 3.53. The smallest absolute Gasteiger partial charge is 0.127 e. The van der Waals surface area contributed by atoms with Crippen molar-refractivity contribution in [3.05, 3.63) is 24.1 Å². The molecule has 0 saturated heterocycles. The van der Waals surface area contributed by atoms with Crippen molar-refractivity contribution < 1.29 is 4.52 Å². The molecule has 1 aromatic rings. The van der Waals surface area contributed by atoms with E-state index in [9.17, 15) is 0 Å². The van der Waals surface area contributed by atoms with Crippen molar-refractivity contribution in [1.29, 1.82) is 0 Å². The van der Waals surface area contributed by atoms with E-state index in [1.54, 1.807) is 12.3 Å². The van der Waals surface area contributed by atoms with Crippen LogP contribution in [0.3, 0.4) is 0 Å². The van der Waals surface area contributed by atoms with Gasteiger partial charge in [-0.05, 0) is 17.9 Å². The first-order chi connectivity index (χ1) is 6.20. The molecule has 0 aromatic carbocycles. The summed E-state index contributed by atoms with van der Waals surface area (Å²) >= 11 is 0. The fourth-order valence-corrected chi connectivity index (χ4v) is 1.41. The largest absolute Gasteiger partial charge is 0.364 e. The maximum absolute atomic E-state index is 4.93. The van der Waals surface area contributed by atoms with Crippen molar-refractivity contribution in [2.24, 2.45) is 5.92 Å². The highest BCUT2D eigenvalue weighted by atomic mass is 16.5. The molecular formula is C11H17NO. The normalized spacial score (nSPS) is 15.3. The van der Waals surface area contributed by atoms with Gasteiger partial charge in [0, 0.05) is 5.56 Å². The summed E-state index contributed by atoms with van der Waals surface area (Å²) in [7, 11) is 0. The van der Waals surface area contributed by atoms with Crippen LogP contribution in [0.2, 0.25) is 0 Å². The van der Waals surface area contributed by atoms with Crippen LogP contribution in [0.4, 0.5) is 0 Å². The van der Waals surface area contributed by atoms with E-state index in [0.29, 0.717) is 11.8 Å². The minimum Gasteiger partial charge on any atom is -0.364 e. The molecule has 0 amide bonds. The van der Waals surface area contributed by atoms with Crippen LogP contribution >= 0.6 is 0 Å². The summed E-state index contributed by atoms with van der Waals surface area (Å²) in [6.07, 6.45) is 4.65. The average Bonchev–Trinajstić information content (AvgIpc) is 2.62. The summed E-state index contributed by atoms with van der Waals surface area (Å²) in [4.78, 5) is 0. The van der Waals surface area contributed by atoms with Crippen LogP contribution in [0.5, 0.6) is 0 Å². The molecule has 0 bridgehead atoms. The summed E-state index contributed by atoms with van der Waals surface area (Å²) in [5.74, 6) is 1.14. The zero-order valence-corrected chi connectivity index (χ0v) is 8.58. The molecule has 72 valence electrons. The van der Waals surface area contributed by atoms with Crippen molar-refractivity contribution in [1.82, 2.24) is 5.16 Å². The molecule has 13 heavy (non-hydrogen) atoms. The summed E-state index contributed by atoms with van der Waals surface area (Å²) in [6, 6.07) is 0. The van der Waals surface area contributed by atoms with Gasteiger partial charge in [-0.15, -0.1) is 0 Å². The van der Waals surface area contributed by atoms with Gasteiger partial charge in [0.1, 0.15) is 12.0 Å². The van der Waals surface area contributed by atoms with Gasteiger partial charge in [0.25, 0.3) is 0 Å². The van der Waals surface area contributed by atoms with Gasteiger partial charge < -0.3 is 4.52 Å². The highest BCUT2D eigenvalue weighted by Gasteiger charge is 2.17. The molecule has 1 heterocycles. The third-order valence-electron chi connectivity index (χ3n) is 2.81. The zero-order valence-electron chi connectivity index (χ0n) is 8.58. The molecule has 2 unspecified atom stereocenters. The number of nitrogens with zero attached hydrogens (tertiary/aromatic N) is 1. The van der Waals surface area contributed by atoms with Gasteiger partial charge in [0.05, 0.1) is 0 Å². The third kappa shape index (κ3) is 2.00. The fraction of sp³-hybridized carbons (Fsp3) is 0.545. The molecule has 0 radical (unpaired) electrons. The minimum atomic E-state index is 0.490. The monoisotopic (exact) mass is 179 g/mol. The zero-order chi connectivity index (χ0) is 9.84. The van der Waals surface area contributed by atoms with Gasteiger partial charge in [-0.2, -0.15) is 0 Å². The Hall–Kier alpha value is -1.05. The molecule has 2 atom stereocenters. The Morgan fingerprint density at radius 3 is 2.85 bits per heavy atom. The maximum Gasteiger partial charge on any atom is 0.127 e. The van der Waals surface area contributed by atoms with E-state index in [-0.39, 0.29) is 0 Å². The van der Waals surface area contributed by atoms with Crippen molar-refractivity contribution >= 4 is 6.08 Å². The molecule has 1 rings (SSSR count). The second-order valence-electron chi connectivity index (χ2n) is 3.53. The molecule has 0 fully saturated rings. The molecule has 2 nitrogen and oxygen atoms in total. The molecule has 0 spiro atoms. The Kier molecular flexibility index (Phi) is 3.29. The third-order valence-corrected chi connectivity index (χ3v) is 2.81.